The van der Waals surface area contributed by atoms with Crippen LogP contribution in [-0.2, 0) is 14.3 Å². The molecule has 0 radical (unpaired) electrons. The van der Waals surface area contributed by atoms with Crippen LogP contribution in [0.1, 0.15) is 23.5 Å². The van der Waals surface area contributed by atoms with Gasteiger partial charge in [-0.05, 0) is 22.3 Å². The first-order valence-electron chi connectivity index (χ1n) is 9.86. The first-order chi connectivity index (χ1) is 15.2. The molecule has 170 valence electrons. The van der Waals surface area contributed by atoms with Crippen LogP contribution in [-0.4, -0.2) is 59.9 Å². The molecule has 0 spiro atoms. The topological polar surface area (TPSA) is 125 Å². The number of rotatable bonds is 9. The van der Waals surface area contributed by atoms with Crippen LogP contribution in [0.2, 0.25) is 0 Å². The van der Waals surface area contributed by atoms with Crippen molar-refractivity contribution in [3.05, 3.63) is 59.7 Å². The number of halogens is 2. The lowest BCUT2D eigenvalue weighted by Crippen LogP contribution is -2.48. The number of amides is 2. The van der Waals surface area contributed by atoms with Gasteiger partial charge in [0.25, 0.3) is 5.91 Å². The lowest BCUT2D eigenvalue weighted by Gasteiger charge is -2.18. The van der Waals surface area contributed by atoms with Gasteiger partial charge in [-0.15, -0.1) is 0 Å². The van der Waals surface area contributed by atoms with E-state index in [1.165, 1.54) is 0 Å². The monoisotopic (exact) mass is 448 g/mol. The van der Waals surface area contributed by atoms with Gasteiger partial charge in [-0.1, -0.05) is 48.5 Å². The normalized spacial score (nSPS) is 13.6. The minimum Gasteiger partial charge on any atom is -0.479 e. The highest BCUT2D eigenvalue weighted by molar-refractivity contribution is 5.84. The molecule has 1 aliphatic rings. The molecule has 32 heavy (non-hydrogen) atoms. The minimum absolute atomic E-state index is 0.0648. The van der Waals surface area contributed by atoms with Crippen molar-refractivity contribution < 1.29 is 38.1 Å². The zero-order valence-corrected chi connectivity index (χ0v) is 16.9. The number of hydrogen-bond acceptors (Lipinski definition) is 5. The number of fused-ring (bicyclic) bond motifs is 3. The fourth-order valence-electron chi connectivity index (χ4n) is 3.49. The van der Waals surface area contributed by atoms with E-state index in [2.05, 4.69) is 0 Å². The average Bonchev–Trinajstić information content (AvgIpc) is 3.10. The Morgan fingerprint density at radius 1 is 1.00 bits per heavy atom. The van der Waals surface area contributed by atoms with Crippen molar-refractivity contribution in [2.75, 3.05) is 19.7 Å². The van der Waals surface area contributed by atoms with Crippen molar-refractivity contribution in [1.29, 1.82) is 0 Å². The number of aliphatic carboxylic acids is 1. The van der Waals surface area contributed by atoms with Crippen molar-refractivity contribution in [1.82, 2.24) is 10.6 Å². The van der Waals surface area contributed by atoms with Gasteiger partial charge in [0, 0.05) is 18.9 Å². The van der Waals surface area contributed by atoms with Gasteiger partial charge in [0.1, 0.15) is 6.61 Å². The number of alkyl halides is 2. The van der Waals surface area contributed by atoms with Crippen molar-refractivity contribution in [2.45, 2.75) is 24.4 Å². The largest absolute Gasteiger partial charge is 0.479 e. The van der Waals surface area contributed by atoms with Gasteiger partial charge in [-0.3, -0.25) is 4.79 Å². The van der Waals surface area contributed by atoms with E-state index in [0.717, 1.165) is 22.3 Å². The maximum absolute atomic E-state index is 13.9. The summed E-state index contributed by atoms with van der Waals surface area (Å²) in [6, 6.07) is 15.3. The van der Waals surface area contributed by atoms with E-state index in [1.807, 2.05) is 59.2 Å². The Hall–Kier alpha value is -3.53. The number of benzene rings is 2. The van der Waals surface area contributed by atoms with Crippen molar-refractivity contribution >= 4 is 18.0 Å². The second kappa shape index (κ2) is 9.73. The molecule has 0 saturated heterocycles. The van der Waals surface area contributed by atoms with E-state index in [9.17, 15) is 23.2 Å². The Balaban J connectivity index is 1.50. The molecule has 0 aliphatic heterocycles. The number of aliphatic hydroxyl groups is 1. The fraction of sp³-hybridized carbons (Fsp3) is 0.318. The molecule has 2 amide bonds. The molecule has 0 heterocycles. The van der Waals surface area contributed by atoms with Crippen LogP contribution in [0, 0.1) is 0 Å². The molecule has 2 aromatic rings. The molecule has 3 rings (SSSR count). The SMILES string of the molecule is O=C(NCC(F)(F)C(=O)NCC[C@H](O)C(=O)O)OCC1c2ccccc2-c2ccccc21. The summed E-state index contributed by atoms with van der Waals surface area (Å²) in [5, 5.41) is 21.3. The number of ether oxygens (including phenoxy) is 1. The van der Waals surface area contributed by atoms with Crippen LogP contribution in [0.5, 0.6) is 0 Å². The number of hydrogen-bond donors (Lipinski definition) is 4. The van der Waals surface area contributed by atoms with E-state index in [0.29, 0.717) is 0 Å². The second-order valence-corrected chi connectivity index (χ2v) is 7.28. The van der Waals surface area contributed by atoms with Gasteiger partial charge >= 0.3 is 18.0 Å². The van der Waals surface area contributed by atoms with Gasteiger partial charge in [-0.2, -0.15) is 8.78 Å². The van der Waals surface area contributed by atoms with Crippen LogP contribution in [0.25, 0.3) is 11.1 Å². The molecule has 4 N–H and O–H groups in total. The third kappa shape index (κ3) is 5.20. The molecule has 0 saturated carbocycles. The van der Waals surface area contributed by atoms with Crippen LogP contribution in [0.15, 0.2) is 48.5 Å². The summed E-state index contributed by atoms with van der Waals surface area (Å²) in [5.74, 6) is -7.41. The molecular weight excluding hydrogens is 426 g/mol. The van der Waals surface area contributed by atoms with Gasteiger partial charge in [-0.25, -0.2) is 9.59 Å². The maximum Gasteiger partial charge on any atom is 0.407 e. The number of aliphatic hydroxyl groups excluding tert-OH is 1. The van der Waals surface area contributed by atoms with Gasteiger partial charge in [0.05, 0.1) is 6.54 Å². The highest BCUT2D eigenvalue weighted by Crippen LogP contribution is 2.44. The third-order valence-corrected chi connectivity index (χ3v) is 5.12. The summed E-state index contributed by atoms with van der Waals surface area (Å²) in [6.45, 7) is -1.82. The lowest BCUT2D eigenvalue weighted by atomic mass is 9.98. The lowest BCUT2D eigenvalue weighted by molar-refractivity contribution is -0.148. The summed E-state index contributed by atoms with van der Waals surface area (Å²) in [4.78, 5) is 34.0. The third-order valence-electron chi connectivity index (χ3n) is 5.12. The van der Waals surface area contributed by atoms with Crippen LogP contribution >= 0.6 is 0 Å². The first kappa shape index (κ1) is 23.1. The highest BCUT2D eigenvalue weighted by atomic mass is 19.3. The van der Waals surface area contributed by atoms with Crippen LogP contribution in [0.4, 0.5) is 13.6 Å². The number of carboxylic acid groups (broad SMARTS) is 1. The summed E-state index contributed by atoms with van der Waals surface area (Å²) < 4.78 is 33.0. The molecule has 0 unspecified atom stereocenters. The minimum atomic E-state index is -3.94. The Kier molecular flexibility index (Phi) is 7.04. The van der Waals surface area contributed by atoms with Crippen LogP contribution in [0.3, 0.4) is 0 Å². The van der Waals surface area contributed by atoms with Crippen molar-refractivity contribution in [3.63, 3.8) is 0 Å². The smallest absolute Gasteiger partial charge is 0.407 e. The number of nitrogens with one attached hydrogen (secondary N) is 2. The zero-order chi connectivity index (χ0) is 23.3. The van der Waals surface area contributed by atoms with E-state index in [4.69, 9.17) is 14.9 Å². The molecule has 0 bridgehead atoms. The Morgan fingerprint density at radius 3 is 2.12 bits per heavy atom. The van der Waals surface area contributed by atoms with E-state index < -0.39 is 49.5 Å². The average molecular weight is 448 g/mol. The van der Waals surface area contributed by atoms with Crippen molar-refractivity contribution in [3.8, 4) is 11.1 Å². The van der Waals surface area contributed by atoms with Crippen LogP contribution < -0.4 is 10.6 Å². The number of carbonyl (C=O) groups excluding carboxylic acids is 2. The highest BCUT2D eigenvalue weighted by Gasteiger charge is 2.39. The predicted molar refractivity (Wildman–Crippen MR) is 109 cm³/mol. The Labute approximate surface area is 182 Å². The number of carboxylic acids is 1. The van der Waals surface area contributed by atoms with Gasteiger partial charge < -0.3 is 25.6 Å². The zero-order valence-electron chi connectivity index (χ0n) is 16.9. The summed E-state index contributed by atoms with van der Waals surface area (Å²) in [6.07, 6.45) is -3.31. The summed E-state index contributed by atoms with van der Waals surface area (Å²) >= 11 is 0. The van der Waals surface area contributed by atoms with Gasteiger partial charge in [0.15, 0.2) is 6.10 Å². The predicted octanol–water partition coefficient (Wildman–Crippen LogP) is 2.11. The van der Waals surface area contributed by atoms with Gasteiger partial charge in [0.2, 0.25) is 0 Å². The molecule has 1 atom stereocenters. The molecule has 0 fully saturated rings. The number of alkyl carbamates (subject to hydrolysis) is 1. The summed E-state index contributed by atoms with van der Waals surface area (Å²) in [7, 11) is 0. The van der Waals surface area contributed by atoms with E-state index in [1.54, 1.807) is 0 Å². The molecule has 0 aromatic heterocycles. The quantitative estimate of drug-likeness (QED) is 0.466. The Bertz CT molecular complexity index is 968. The molecule has 10 heteroatoms. The van der Waals surface area contributed by atoms with Crippen molar-refractivity contribution in [2.24, 2.45) is 0 Å². The molecule has 1 aliphatic carbocycles. The fourth-order valence-corrected chi connectivity index (χ4v) is 3.49. The van der Waals surface area contributed by atoms with E-state index >= 15 is 0 Å². The van der Waals surface area contributed by atoms with E-state index in [-0.39, 0.29) is 12.5 Å². The first-order valence-corrected chi connectivity index (χ1v) is 9.86. The molecular formula is C22H22F2N2O6. The second-order valence-electron chi connectivity index (χ2n) is 7.28. The molecule has 8 nitrogen and oxygen atoms in total. The maximum atomic E-state index is 13.9. The molecule has 2 aromatic carbocycles. The summed E-state index contributed by atoms with van der Waals surface area (Å²) in [5.41, 5.74) is 3.98. The number of carbonyl (C=O) groups is 3. The standard InChI is InChI=1S/C22H22F2N2O6/c23-22(24,20(30)25-10-9-18(27)19(28)29)12-26-21(31)32-11-17-15-7-3-1-5-13(15)14-6-2-4-8-16(14)17/h1-8,17-18,27H,9-12H2,(H,25,30)(H,26,31)(H,28,29)/t18-/m0/s1. The Morgan fingerprint density at radius 2 is 1.56 bits per heavy atom.